The molecule has 0 atom stereocenters. The molecule has 0 bridgehead atoms. The molecule has 0 aliphatic heterocycles. The van der Waals surface area contributed by atoms with Crippen LogP contribution in [-0.4, -0.2) is 46.0 Å². The summed E-state index contributed by atoms with van der Waals surface area (Å²) in [4.78, 5) is 0. The van der Waals surface area contributed by atoms with E-state index in [2.05, 4.69) is 6.58 Å². The molecular formula is C15H34O5Si2. The maximum Gasteiger partial charge on any atom is 0.495 e. The molecule has 0 amide bonds. The zero-order chi connectivity index (χ0) is 17.1. The molecule has 0 unspecified atom stereocenters. The van der Waals surface area contributed by atoms with Crippen molar-refractivity contribution < 1.29 is 21.8 Å². The highest BCUT2D eigenvalue weighted by atomic mass is 28.5. The minimum absolute atomic E-state index is 0.146. The molecule has 0 saturated carbocycles. The fourth-order valence-corrected chi connectivity index (χ4v) is 9.16. The molecule has 0 spiro atoms. The highest BCUT2D eigenvalue weighted by Gasteiger charge is 2.53. The van der Waals surface area contributed by atoms with Gasteiger partial charge in [0.15, 0.2) is 0 Å². The van der Waals surface area contributed by atoms with Crippen molar-refractivity contribution in [3.63, 3.8) is 0 Å². The normalized spacial score (nSPS) is 12.9. The van der Waals surface area contributed by atoms with Gasteiger partial charge in [0.2, 0.25) is 0 Å². The highest BCUT2D eigenvalue weighted by molar-refractivity contribution is 6.75. The van der Waals surface area contributed by atoms with E-state index in [9.17, 15) is 0 Å². The van der Waals surface area contributed by atoms with E-state index in [1.54, 1.807) is 28.4 Å². The summed E-state index contributed by atoms with van der Waals surface area (Å²) < 4.78 is 28.9. The van der Waals surface area contributed by atoms with Gasteiger partial charge in [-0.15, -0.1) is 6.58 Å². The molecule has 22 heavy (non-hydrogen) atoms. The van der Waals surface area contributed by atoms with Crippen LogP contribution in [0.4, 0.5) is 0 Å². The minimum Gasteiger partial charge on any atom is -0.377 e. The second-order valence-electron chi connectivity index (χ2n) is 5.60. The summed E-state index contributed by atoms with van der Waals surface area (Å²) in [5.74, 6) is 0. The van der Waals surface area contributed by atoms with Gasteiger partial charge >= 0.3 is 17.6 Å². The lowest BCUT2D eigenvalue weighted by Gasteiger charge is -2.37. The molecule has 132 valence electrons. The molecule has 5 nitrogen and oxygen atoms in total. The van der Waals surface area contributed by atoms with Crippen molar-refractivity contribution in [3.8, 4) is 0 Å². The molecular weight excluding hydrogens is 316 g/mol. The Hall–Kier alpha value is -0.0262. The van der Waals surface area contributed by atoms with Crippen LogP contribution in [0.3, 0.4) is 0 Å². The summed E-state index contributed by atoms with van der Waals surface area (Å²) in [6.07, 6.45) is 7.55. The van der Waals surface area contributed by atoms with Gasteiger partial charge in [-0.3, -0.25) is 0 Å². The third kappa shape index (κ3) is 6.61. The average molecular weight is 351 g/mol. The first-order chi connectivity index (χ1) is 10.5. The Kier molecular flexibility index (Phi) is 11.5. The second kappa shape index (κ2) is 11.5. The standard InChI is InChI=1S/C15H34O5Si2/c1-8-9-10-11-12-13-14-21(16-4,17-5)20-22(18-6,19-7)15(2)3/h8,15H,1,9-14H2,2-7H3. The molecule has 0 aliphatic rings. The van der Waals surface area contributed by atoms with E-state index in [0.29, 0.717) is 0 Å². The molecule has 0 N–H and O–H groups in total. The molecule has 0 aromatic carbocycles. The van der Waals surface area contributed by atoms with Crippen LogP contribution in [0.1, 0.15) is 46.0 Å². The monoisotopic (exact) mass is 350 g/mol. The molecule has 0 rings (SSSR count). The van der Waals surface area contributed by atoms with Gasteiger partial charge in [-0.05, 0) is 19.3 Å². The molecule has 0 aromatic rings. The topological polar surface area (TPSA) is 46.2 Å². The Morgan fingerprint density at radius 3 is 1.82 bits per heavy atom. The summed E-state index contributed by atoms with van der Waals surface area (Å²) >= 11 is 0. The lowest BCUT2D eigenvalue weighted by atomic mass is 10.1. The summed E-state index contributed by atoms with van der Waals surface area (Å²) in [5, 5.41) is 0. The number of hydrogen-bond donors (Lipinski definition) is 0. The maximum absolute atomic E-state index is 6.28. The van der Waals surface area contributed by atoms with Gasteiger partial charge in [-0.25, -0.2) is 0 Å². The third-order valence-corrected chi connectivity index (χ3v) is 11.0. The lowest BCUT2D eigenvalue weighted by molar-refractivity contribution is 0.0810. The summed E-state index contributed by atoms with van der Waals surface area (Å²) in [5.41, 5.74) is 0.146. The van der Waals surface area contributed by atoms with Gasteiger partial charge in [0.05, 0.1) is 0 Å². The van der Waals surface area contributed by atoms with Gasteiger partial charge < -0.3 is 21.8 Å². The van der Waals surface area contributed by atoms with E-state index >= 15 is 0 Å². The van der Waals surface area contributed by atoms with E-state index in [1.807, 2.05) is 19.9 Å². The fraction of sp³-hybridized carbons (Fsp3) is 0.867. The van der Waals surface area contributed by atoms with Crippen LogP contribution in [0, 0.1) is 0 Å². The third-order valence-electron chi connectivity index (χ3n) is 3.84. The van der Waals surface area contributed by atoms with Gasteiger partial charge in [0.1, 0.15) is 0 Å². The first kappa shape index (κ1) is 22.0. The van der Waals surface area contributed by atoms with Gasteiger partial charge in [-0.1, -0.05) is 32.8 Å². The molecule has 0 radical (unpaired) electrons. The van der Waals surface area contributed by atoms with Crippen molar-refractivity contribution in [1.82, 2.24) is 0 Å². The molecule has 0 fully saturated rings. The number of rotatable bonds is 14. The van der Waals surface area contributed by atoms with Crippen molar-refractivity contribution in [1.29, 1.82) is 0 Å². The van der Waals surface area contributed by atoms with Crippen LogP contribution in [0.5, 0.6) is 0 Å². The lowest BCUT2D eigenvalue weighted by Crippen LogP contribution is -2.58. The summed E-state index contributed by atoms with van der Waals surface area (Å²) in [6.45, 7) is 7.82. The zero-order valence-corrected chi connectivity index (χ0v) is 17.1. The number of unbranched alkanes of at least 4 members (excludes halogenated alkanes) is 4. The number of hydrogen-bond acceptors (Lipinski definition) is 5. The summed E-state index contributed by atoms with van der Waals surface area (Å²) in [6, 6.07) is 0.780. The zero-order valence-electron chi connectivity index (χ0n) is 15.1. The smallest absolute Gasteiger partial charge is 0.377 e. The van der Waals surface area contributed by atoms with Crippen LogP contribution in [0.15, 0.2) is 12.7 Å². The van der Waals surface area contributed by atoms with Crippen LogP contribution in [0.2, 0.25) is 11.6 Å². The Labute approximate surface area is 138 Å². The van der Waals surface area contributed by atoms with Crippen molar-refractivity contribution in [2.24, 2.45) is 0 Å². The van der Waals surface area contributed by atoms with Gasteiger partial charge in [0, 0.05) is 40.0 Å². The Morgan fingerprint density at radius 2 is 1.41 bits per heavy atom. The van der Waals surface area contributed by atoms with Crippen molar-refractivity contribution in [2.45, 2.75) is 57.5 Å². The molecule has 7 heteroatoms. The largest absolute Gasteiger partial charge is 0.495 e. The predicted molar refractivity (Wildman–Crippen MR) is 93.8 cm³/mol. The Morgan fingerprint density at radius 1 is 0.864 bits per heavy atom. The van der Waals surface area contributed by atoms with Gasteiger partial charge in [0.25, 0.3) is 0 Å². The van der Waals surface area contributed by atoms with Crippen LogP contribution in [0.25, 0.3) is 0 Å². The van der Waals surface area contributed by atoms with Gasteiger partial charge in [-0.2, -0.15) is 0 Å². The molecule has 0 heterocycles. The second-order valence-corrected chi connectivity index (χ2v) is 12.3. The van der Waals surface area contributed by atoms with Crippen molar-refractivity contribution >= 4 is 17.6 Å². The maximum atomic E-state index is 6.28. The quantitative estimate of drug-likeness (QED) is 0.269. The molecule has 0 aliphatic carbocycles. The predicted octanol–water partition coefficient (Wildman–Crippen LogP) is 4.01. The first-order valence-corrected chi connectivity index (χ1v) is 11.7. The van der Waals surface area contributed by atoms with Crippen molar-refractivity contribution in [2.75, 3.05) is 28.4 Å². The van der Waals surface area contributed by atoms with E-state index in [1.165, 1.54) is 12.8 Å². The number of allylic oxidation sites excluding steroid dienone is 1. The average Bonchev–Trinajstić information content (AvgIpc) is 2.54. The molecule has 0 aromatic heterocycles. The Balaban J connectivity index is 4.68. The van der Waals surface area contributed by atoms with E-state index in [-0.39, 0.29) is 5.54 Å². The van der Waals surface area contributed by atoms with Crippen molar-refractivity contribution in [3.05, 3.63) is 12.7 Å². The SMILES string of the molecule is C=CCCCCCC[Si](OC)(OC)O[Si](OC)(OC)C(C)C. The van der Waals surface area contributed by atoms with E-state index < -0.39 is 17.6 Å². The Bertz CT molecular complexity index is 292. The van der Waals surface area contributed by atoms with E-state index in [4.69, 9.17) is 21.8 Å². The first-order valence-electron chi connectivity index (χ1n) is 7.97. The van der Waals surface area contributed by atoms with Crippen LogP contribution < -0.4 is 0 Å². The van der Waals surface area contributed by atoms with Crippen LogP contribution >= 0.6 is 0 Å². The van der Waals surface area contributed by atoms with Crippen LogP contribution in [-0.2, 0) is 21.8 Å². The summed E-state index contributed by atoms with van der Waals surface area (Å²) in [7, 11) is 1.03. The highest BCUT2D eigenvalue weighted by Crippen LogP contribution is 2.30. The fourth-order valence-electron chi connectivity index (χ4n) is 2.38. The van der Waals surface area contributed by atoms with E-state index in [0.717, 1.165) is 25.3 Å². The minimum atomic E-state index is -2.78. The molecule has 0 saturated heterocycles.